The third-order valence-electron chi connectivity index (χ3n) is 3.65. The van der Waals surface area contributed by atoms with Crippen LogP contribution in [0.3, 0.4) is 0 Å². The number of ether oxygens (including phenoxy) is 1. The van der Waals surface area contributed by atoms with E-state index in [2.05, 4.69) is 0 Å². The van der Waals surface area contributed by atoms with Gasteiger partial charge in [0, 0.05) is 11.0 Å². The van der Waals surface area contributed by atoms with Gasteiger partial charge in [-0.1, -0.05) is 18.4 Å². The summed E-state index contributed by atoms with van der Waals surface area (Å²) < 4.78 is 5.13. The lowest BCUT2D eigenvalue weighted by molar-refractivity contribution is -0.139. The number of aliphatic hydroxyl groups excluding tert-OH is 3. The van der Waals surface area contributed by atoms with Crippen LogP contribution in [0.4, 0.5) is 0 Å². The molecule has 0 spiro atoms. The summed E-state index contributed by atoms with van der Waals surface area (Å²) in [7, 11) is 0. The SMILES string of the molecule is CC(C)=C(C)C(=O)OCCCCCC(CO)(CO)CO. The van der Waals surface area contributed by atoms with E-state index in [-0.39, 0.29) is 25.8 Å². The molecule has 0 saturated carbocycles. The van der Waals surface area contributed by atoms with Crippen LogP contribution in [-0.4, -0.2) is 47.7 Å². The first-order chi connectivity index (χ1) is 9.42. The van der Waals surface area contributed by atoms with Crippen molar-refractivity contribution in [2.24, 2.45) is 5.41 Å². The second-order valence-corrected chi connectivity index (χ2v) is 5.55. The van der Waals surface area contributed by atoms with Gasteiger partial charge in [-0.05, 0) is 33.6 Å². The second kappa shape index (κ2) is 9.91. The van der Waals surface area contributed by atoms with Crippen LogP contribution in [0.2, 0.25) is 0 Å². The number of hydrogen-bond acceptors (Lipinski definition) is 5. The maximum absolute atomic E-state index is 11.5. The molecule has 5 nitrogen and oxygen atoms in total. The van der Waals surface area contributed by atoms with Crippen LogP contribution in [-0.2, 0) is 9.53 Å². The van der Waals surface area contributed by atoms with Gasteiger partial charge in [0.15, 0.2) is 0 Å². The van der Waals surface area contributed by atoms with E-state index in [0.717, 1.165) is 24.8 Å². The van der Waals surface area contributed by atoms with Gasteiger partial charge in [0.05, 0.1) is 26.4 Å². The van der Waals surface area contributed by atoms with Crippen molar-refractivity contribution in [3.63, 3.8) is 0 Å². The van der Waals surface area contributed by atoms with E-state index >= 15 is 0 Å². The molecule has 118 valence electrons. The molecular weight excluding hydrogens is 260 g/mol. The molecule has 3 N–H and O–H groups in total. The first kappa shape index (κ1) is 19.1. The Kier molecular flexibility index (Phi) is 9.46. The molecule has 0 aliphatic heterocycles. The molecule has 0 aliphatic rings. The fourth-order valence-corrected chi connectivity index (χ4v) is 1.64. The number of esters is 1. The predicted molar refractivity (Wildman–Crippen MR) is 77.2 cm³/mol. The first-order valence-electron chi connectivity index (χ1n) is 7.06. The Labute approximate surface area is 121 Å². The molecule has 0 aromatic carbocycles. The van der Waals surface area contributed by atoms with Crippen LogP contribution in [0.1, 0.15) is 46.5 Å². The molecule has 0 bridgehead atoms. The average molecular weight is 288 g/mol. The molecule has 0 fully saturated rings. The van der Waals surface area contributed by atoms with Gasteiger partial charge in [0.1, 0.15) is 0 Å². The van der Waals surface area contributed by atoms with Crippen molar-refractivity contribution in [3.8, 4) is 0 Å². The zero-order valence-corrected chi connectivity index (χ0v) is 12.8. The van der Waals surface area contributed by atoms with Gasteiger partial charge in [-0.2, -0.15) is 0 Å². The van der Waals surface area contributed by atoms with E-state index in [1.54, 1.807) is 6.92 Å². The Morgan fingerprint density at radius 3 is 1.95 bits per heavy atom. The summed E-state index contributed by atoms with van der Waals surface area (Å²) in [6.45, 7) is 5.17. The summed E-state index contributed by atoms with van der Waals surface area (Å²) >= 11 is 0. The fourth-order valence-electron chi connectivity index (χ4n) is 1.64. The van der Waals surface area contributed by atoms with Crippen molar-refractivity contribution in [3.05, 3.63) is 11.1 Å². The summed E-state index contributed by atoms with van der Waals surface area (Å²) in [4.78, 5) is 11.5. The number of rotatable bonds is 10. The molecule has 5 heteroatoms. The second-order valence-electron chi connectivity index (χ2n) is 5.55. The number of carbonyl (C=O) groups excluding carboxylic acids is 1. The number of aliphatic hydroxyl groups is 3. The lowest BCUT2D eigenvalue weighted by atomic mass is 9.85. The van der Waals surface area contributed by atoms with Crippen LogP contribution in [0, 0.1) is 5.41 Å². The van der Waals surface area contributed by atoms with E-state index in [0.29, 0.717) is 18.6 Å². The Balaban J connectivity index is 3.84. The van der Waals surface area contributed by atoms with E-state index < -0.39 is 5.41 Å². The predicted octanol–water partition coefficient (Wildman–Crippen LogP) is 1.41. The van der Waals surface area contributed by atoms with Gasteiger partial charge < -0.3 is 20.1 Å². The summed E-state index contributed by atoms with van der Waals surface area (Å²) in [6.07, 6.45) is 2.88. The molecule has 0 rings (SSSR count). The minimum absolute atomic E-state index is 0.227. The molecule has 0 atom stereocenters. The molecule has 0 heterocycles. The molecule has 0 aromatic heterocycles. The fraction of sp³-hybridized carbons (Fsp3) is 0.800. The van der Waals surface area contributed by atoms with Gasteiger partial charge in [-0.15, -0.1) is 0 Å². The molecule has 0 aromatic rings. The lowest BCUT2D eigenvalue weighted by Gasteiger charge is -2.27. The molecular formula is C15H28O5. The smallest absolute Gasteiger partial charge is 0.333 e. The molecule has 0 aliphatic carbocycles. The highest BCUT2D eigenvalue weighted by Crippen LogP contribution is 2.23. The van der Waals surface area contributed by atoms with Gasteiger partial charge in [0.2, 0.25) is 0 Å². The maximum atomic E-state index is 11.5. The Morgan fingerprint density at radius 2 is 1.50 bits per heavy atom. The standard InChI is InChI=1S/C15H28O5/c1-12(2)13(3)14(19)20-8-6-4-5-7-15(9-16,10-17)11-18/h16-18H,4-11H2,1-3H3. The van der Waals surface area contributed by atoms with Crippen LogP contribution in [0.25, 0.3) is 0 Å². The van der Waals surface area contributed by atoms with Crippen molar-refractivity contribution >= 4 is 5.97 Å². The highest BCUT2D eigenvalue weighted by molar-refractivity contribution is 5.88. The van der Waals surface area contributed by atoms with Gasteiger partial charge in [0.25, 0.3) is 0 Å². The highest BCUT2D eigenvalue weighted by Gasteiger charge is 2.27. The van der Waals surface area contributed by atoms with Crippen LogP contribution in [0.5, 0.6) is 0 Å². The van der Waals surface area contributed by atoms with Crippen molar-refractivity contribution in [2.45, 2.75) is 46.5 Å². The quantitative estimate of drug-likeness (QED) is 0.321. The maximum Gasteiger partial charge on any atom is 0.333 e. The van der Waals surface area contributed by atoms with Gasteiger partial charge >= 0.3 is 5.97 Å². The molecule has 0 unspecified atom stereocenters. The number of allylic oxidation sites excluding steroid dienone is 1. The van der Waals surface area contributed by atoms with Crippen molar-refractivity contribution in [1.29, 1.82) is 0 Å². The molecule has 0 amide bonds. The topological polar surface area (TPSA) is 87.0 Å². The summed E-state index contributed by atoms with van der Waals surface area (Å²) in [6, 6.07) is 0. The van der Waals surface area contributed by atoms with Gasteiger partial charge in [-0.3, -0.25) is 0 Å². The van der Waals surface area contributed by atoms with E-state index in [9.17, 15) is 20.1 Å². The van der Waals surface area contributed by atoms with Crippen LogP contribution in [0.15, 0.2) is 11.1 Å². The lowest BCUT2D eigenvalue weighted by Crippen LogP contribution is -2.33. The zero-order valence-electron chi connectivity index (χ0n) is 12.8. The summed E-state index contributed by atoms with van der Waals surface area (Å²) in [5.41, 5.74) is 0.800. The molecule has 20 heavy (non-hydrogen) atoms. The van der Waals surface area contributed by atoms with Crippen LogP contribution >= 0.6 is 0 Å². The normalized spacial score (nSPS) is 11.3. The van der Waals surface area contributed by atoms with Crippen molar-refractivity contribution in [1.82, 2.24) is 0 Å². The number of unbranched alkanes of at least 4 members (excludes halogenated alkanes) is 2. The van der Waals surface area contributed by atoms with Crippen molar-refractivity contribution in [2.75, 3.05) is 26.4 Å². The average Bonchev–Trinajstić information content (AvgIpc) is 2.46. The monoisotopic (exact) mass is 288 g/mol. The third kappa shape index (κ3) is 6.50. The molecule has 0 saturated heterocycles. The largest absolute Gasteiger partial charge is 0.462 e. The number of carbonyl (C=O) groups is 1. The Hall–Kier alpha value is -0.910. The summed E-state index contributed by atoms with van der Waals surface area (Å²) in [5, 5.41) is 27.5. The van der Waals surface area contributed by atoms with E-state index in [1.807, 2.05) is 13.8 Å². The first-order valence-corrected chi connectivity index (χ1v) is 7.06. The minimum Gasteiger partial charge on any atom is -0.462 e. The third-order valence-corrected chi connectivity index (χ3v) is 3.65. The Bertz CT molecular complexity index is 306. The van der Waals surface area contributed by atoms with E-state index in [1.165, 1.54) is 0 Å². The van der Waals surface area contributed by atoms with Gasteiger partial charge in [-0.25, -0.2) is 4.79 Å². The number of hydrogen-bond donors (Lipinski definition) is 3. The highest BCUT2D eigenvalue weighted by atomic mass is 16.5. The summed E-state index contributed by atoms with van der Waals surface area (Å²) in [5.74, 6) is -0.277. The Morgan fingerprint density at radius 1 is 0.950 bits per heavy atom. The van der Waals surface area contributed by atoms with Crippen molar-refractivity contribution < 1.29 is 24.9 Å². The zero-order chi connectivity index (χ0) is 15.6. The van der Waals surface area contributed by atoms with E-state index in [4.69, 9.17) is 4.74 Å². The van der Waals surface area contributed by atoms with Crippen LogP contribution < -0.4 is 0 Å². The molecule has 0 radical (unpaired) electrons. The minimum atomic E-state index is -0.796.